The number of hydrogen-bond acceptors (Lipinski definition) is 8. The molecule has 1 heterocycles. The zero-order chi connectivity index (χ0) is 14.8. The highest BCUT2D eigenvalue weighted by Gasteiger charge is 2.04. The molecular formula is C11H20N6O3. The van der Waals surface area contributed by atoms with Crippen molar-refractivity contribution in [1.29, 1.82) is 0 Å². The summed E-state index contributed by atoms with van der Waals surface area (Å²) in [5.41, 5.74) is 7.41. The molecule has 6 N–H and O–H groups in total. The molecule has 0 saturated heterocycles. The standard InChI is InChI=1S/C11H20N6O3/c1-2-19-7-11-15-9(5-10(16-11)17-13)14-3-4-20-6-8(12)18/h5H,2-4,6-7,13H2,1H3,(H2,12,18)(H2,14,15,16,17). The molecule has 0 unspecified atom stereocenters. The lowest BCUT2D eigenvalue weighted by atomic mass is 10.4. The maximum atomic E-state index is 10.5. The number of primary amides is 1. The maximum absolute atomic E-state index is 10.5. The maximum Gasteiger partial charge on any atom is 0.243 e. The fourth-order valence-electron chi connectivity index (χ4n) is 1.34. The lowest BCUT2D eigenvalue weighted by molar-refractivity contribution is -0.122. The normalized spacial score (nSPS) is 10.3. The van der Waals surface area contributed by atoms with E-state index >= 15 is 0 Å². The van der Waals surface area contributed by atoms with Crippen LogP contribution in [0.2, 0.25) is 0 Å². The molecule has 0 spiro atoms. The Bertz CT molecular complexity index is 429. The number of nitrogens with one attached hydrogen (secondary N) is 2. The van der Waals surface area contributed by atoms with Gasteiger partial charge < -0.3 is 25.9 Å². The predicted octanol–water partition coefficient (Wildman–Crippen LogP) is -0.787. The minimum Gasteiger partial charge on any atom is -0.374 e. The molecule has 0 aromatic carbocycles. The van der Waals surface area contributed by atoms with Crippen molar-refractivity contribution in [2.45, 2.75) is 13.5 Å². The van der Waals surface area contributed by atoms with Crippen LogP contribution in [0.1, 0.15) is 12.7 Å². The van der Waals surface area contributed by atoms with Crippen LogP contribution in [0, 0.1) is 0 Å². The number of ether oxygens (including phenoxy) is 2. The van der Waals surface area contributed by atoms with Gasteiger partial charge in [-0.15, -0.1) is 0 Å². The summed E-state index contributed by atoms with van der Waals surface area (Å²) in [6.45, 7) is 3.48. The van der Waals surface area contributed by atoms with Crippen molar-refractivity contribution in [3.05, 3.63) is 11.9 Å². The van der Waals surface area contributed by atoms with Crippen LogP contribution in [0.4, 0.5) is 11.6 Å². The van der Waals surface area contributed by atoms with E-state index in [0.717, 1.165) is 0 Å². The first kappa shape index (κ1) is 16.1. The molecular weight excluding hydrogens is 264 g/mol. The largest absolute Gasteiger partial charge is 0.374 e. The van der Waals surface area contributed by atoms with E-state index in [2.05, 4.69) is 20.7 Å². The number of nitrogens with two attached hydrogens (primary N) is 2. The first-order valence-corrected chi connectivity index (χ1v) is 6.18. The summed E-state index contributed by atoms with van der Waals surface area (Å²) in [4.78, 5) is 18.9. The molecule has 0 aliphatic carbocycles. The Hall–Kier alpha value is -1.97. The van der Waals surface area contributed by atoms with Crippen molar-refractivity contribution in [2.24, 2.45) is 11.6 Å². The molecule has 9 heteroatoms. The summed E-state index contributed by atoms with van der Waals surface area (Å²) in [5.74, 6) is 6.43. The highest BCUT2D eigenvalue weighted by molar-refractivity contribution is 5.74. The average molecular weight is 284 g/mol. The van der Waals surface area contributed by atoms with Crippen LogP contribution in [0.25, 0.3) is 0 Å². The van der Waals surface area contributed by atoms with Gasteiger partial charge in [0.15, 0.2) is 5.82 Å². The Morgan fingerprint density at radius 2 is 2.10 bits per heavy atom. The zero-order valence-corrected chi connectivity index (χ0v) is 11.4. The van der Waals surface area contributed by atoms with Crippen molar-refractivity contribution in [2.75, 3.05) is 37.1 Å². The number of hydrazine groups is 1. The van der Waals surface area contributed by atoms with Gasteiger partial charge in [0, 0.05) is 19.2 Å². The van der Waals surface area contributed by atoms with Gasteiger partial charge in [0.05, 0.1) is 6.61 Å². The molecule has 1 rings (SSSR count). The lowest BCUT2D eigenvalue weighted by Crippen LogP contribution is -2.21. The summed E-state index contributed by atoms with van der Waals surface area (Å²) in [6.07, 6.45) is 0. The van der Waals surface area contributed by atoms with Gasteiger partial charge in [0.25, 0.3) is 0 Å². The monoisotopic (exact) mass is 284 g/mol. The highest BCUT2D eigenvalue weighted by atomic mass is 16.5. The third kappa shape index (κ3) is 6.27. The molecule has 20 heavy (non-hydrogen) atoms. The number of aromatic nitrogens is 2. The van der Waals surface area contributed by atoms with Gasteiger partial charge in [-0.05, 0) is 6.92 Å². The van der Waals surface area contributed by atoms with Crippen LogP contribution in [0.5, 0.6) is 0 Å². The Morgan fingerprint density at radius 1 is 1.35 bits per heavy atom. The Kier molecular flexibility index (Phi) is 7.25. The second-order valence-electron chi connectivity index (χ2n) is 3.78. The smallest absolute Gasteiger partial charge is 0.243 e. The van der Waals surface area contributed by atoms with Gasteiger partial charge in [0.1, 0.15) is 24.8 Å². The van der Waals surface area contributed by atoms with E-state index in [1.165, 1.54) is 0 Å². The first-order valence-electron chi connectivity index (χ1n) is 6.18. The first-order chi connectivity index (χ1) is 9.65. The van der Waals surface area contributed by atoms with E-state index < -0.39 is 5.91 Å². The molecule has 0 atom stereocenters. The van der Waals surface area contributed by atoms with Crippen LogP contribution < -0.4 is 22.3 Å². The van der Waals surface area contributed by atoms with Crippen LogP contribution in [0.15, 0.2) is 6.07 Å². The number of carbonyl (C=O) groups is 1. The third-order valence-electron chi connectivity index (χ3n) is 2.15. The summed E-state index contributed by atoms with van der Waals surface area (Å²) in [6, 6.07) is 1.66. The minimum atomic E-state index is -0.499. The number of anilines is 2. The van der Waals surface area contributed by atoms with Gasteiger partial charge >= 0.3 is 0 Å². The lowest BCUT2D eigenvalue weighted by Gasteiger charge is -2.09. The topological polar surface area (TPSA) is 137 Å². The van der Waals surface area contributed by atoms with Gasteiger partial charge in [-0.25, -0.2) is 15.8 Å². The second kappa shape index (κ2) is 9.02. The Morgan fingerprint density at radius 3 is 2.75 bits per heavy atom. The Balaban J connectivity index is 2.48. The molecule has 9 nitrogen and oxygen atoms in total. The summed E-state index contributed by atoms with van der Waals surface area (Å²) in [5, 5.41) is 3.03. The number of rotatable bonds is 10. The van der Waals surface area contributed by atoms with Crippen molar-refractivity contribution >= 4 is 17.5 Å². The second-order valence-corrected chi connectivity index (χ2v) is 3.78. The minimum absolute atomic E-state index is 0.101. The summed E-state index contributed by atoms with van der Waals surface area (Å²) in [7, 11) is 0. The number of carbonyl (C=O) groups excluding carboxylic acids is 1. The zero-order valence-electron chi connectivity index (χ0n) is 11.4. The van der Waals surface area contributed by atoms with E-state index in [-0.39, 0.29) is 6.61 Å². The van der Waals surface area contributed by atoms with Crippen molar-refractivity contribution in [3.8, 4) is 0 Å². The number of amides is 1. The third-order valence-corrected chi connectivity index (χ3v) is 2.15. The molecule has 1 aromatic rings. The number of hydrogen-bond donors (Lipinski definition) is 4. The SMILES string of the molecule is CCOCc1nc(NN)cc(NCCOCC(N)=O)n1. The molecule has 0 aliphatic heterocycles. The van der Waals surface area contributed by atoms with Gasteiger partial charge in [0.2, 0.25) is 5.91 Å². The molecule has 1 amide bonds. The quantitative estimate of drug-likeness (QED) is 0.249. The van der Waals surface area contributed by atoms with Crippen LogP contribution in [-0.4, -0.2) is 42.2 Å². The van der Waals surface area contributed by atoms with E-state index in [0.29, 0.717) is 43.8 Å². The molecule has 0 aliphatic rings. The van der Waals surface area contributed by atoms with Crippen LogP contribution in [-0.2, 0) is 20.9 Å². The van der Waals surface area contributed by atoms with Crippen molar-refractivity contribution in [3.63, 3.8) is 0 Å². The van der Waals surface area contributed by atoms with Gasteiger partial charge in [-0.2, -0.15) is 0 Å². The van der Waals surface area contributed by atoms with E-state index in [1.807, 2.05) is 6.92 Å². The highest BCUT2D eigenvalue weighted by Crippen LogP contribution is 2.10. The van der Waals surface area contributed by atoms with E-state index in [1.54, 1.807) is 6.07 Å². The molecule has 1 aromatic heterocycles. The van der Waals surface area contributed by atoms with Gasteiger partial charge in [-0.1, -0.05) is 0 Å². The molecule has 0 bridgehead atoms. The molecule has 0 radical (unpaired) electrons. The van der Waals surface area contributed by atoms with Gasteiger partial charge in [-0.3, -0.25) is 4.79 Å². The molecule has 0 saturated carbocycles. The predicted molar refractivity (Wildman–Crippen MR) is 73.7 cm³/mol. The van der Waals surface area contributed by atoms with Crippen LogP contribution in [0.3, 0.4) is 0 Å². The van der Waals surface area contributed by atoms with E-state index in [4.69, 9.17) is 21.1 Å². The average Bonchev–Trinajstić information content (AvgIpc) is 2.44. The number of nitrogen functional groups attached to an aromatic ring is 1. The fourth-order valence-corrected chi connectivity index (χ4v) is 1.34. The fraction of sp³-hybridized carbons (Fsp3) is 0.545. The Labute approximate surface area is 117 Å². The van der Waals surface area contributed by atoms with Crippen LogP contribution >= 0.6 is 0 Å². The summed E-state index contributed by atoms with van der Waals surface area (Å²) < 4.78 is 10.3. The molecule has 112 valence electrons. The van der Waals surface area contributed by atoms with Crippen molar-refractivity contribution in [1.82, 2.24) is 9.97 Å². The number of nitrogens with zero attached hydrogens (tertiary/aromatic N) is 2. The summed E-state index contributed by atoms with van der Waals surface area (Å²) >= 11 is 0. The van der Waals surface area contributed by atoms with E-state index in [9.17, 15) is 4.79 Å². The molecule has 0 fully saturated rings. The van der Waals surface area contributed by atoms with Crippen molar-refractivity contribution < 1.29 is 14.3 Å².